The maximum absolute atomic E-state index is 5.63. The van der Waals surface area contributed by atoms with Crippen LogP contribution in [0, 0.1) is 11.3 Å². The van der Waals surface area contributed by atoms with E-state index in [2.05, 4.69) is 13.8 Å². The molecule has 0 atom stereocenters. The van der Waals surface area contributed by atoms with Gasteiger partial charge in [0.25, 0.3) is 0 Å². The quantitative estimate of drug-likeness (QED) is 0.659. The fraction of sp³-hybridized carbons (Fsp3) is 1.00. The zero-order valence-electron chi connectivity index (χ0n) is 11.0. The predicted molar refractivity (Wildman–Crippen MR) is 66.1 cm³/mol. The third-order valence-corrected chi connectivity index (χ3v) is 4.06. The van der Waals surface area contributed by atoms with E-state index in [1.54, 1.807) is 0 Å². The Morgan fingerprint density at radius 2 is 1.67 bits per heavy atom. The molecule has 0 amide bonds. The molecule has 15 heavy (non-hydrogen) atoms. The summed E-state index contributed by atoms with van der Waals surface area (Å²) in [7, 11) is 0. The molecule has 2 fully saturated rings. The van der Waals surface area contributed by atoms with Crippen molar-refractivity contribution < 1.29 is 4.74 Å². The third-order valence-electron chi connectivity index (χ3n) is 4.06. The number of hydrogen-bond donors (Lipinski definition) is 0. The van der Waals surface area contributed by atoms with Gasteiger partial charge in [0, 0.05) is 6.61 Å². The maximum Gasteiger partial charge on any atom is 0.0585 e. The number of ether oxygens (including phenoxy) is 1. The molecule has 0 saturated heterocycles. The van der Waals surface area contributed by atoms with Crippen molar-refractivity contribution in [1.82, 2.24) is 0 Å². The van der Waals surface area contributed by atoms with Crippen LogP contribution in [0.5, 0.6) is 0 Å². The van der Waals surface area contributed by atoms with Crippen molar-refractivity contribution in [3.8, 4) is 0 Å². The molecule has 0 heterocycles. The van der Waals surface area contributed by atoms with Crippen LogP contribution in [-0.2, 0) is 4.74 Å². The lowest BCUT2D eigenvalue weighted by Crippen LogP contribution is -2.44. The summed E-state index contributed by atoms with van der Waals surface area (Å²) >= 11 is 0. The molecule has 2 aliphatic carbocycles. The molecule has 1 spiro atoms. The number of hydrogen-bond acceptors (Lipinski definition) is 1. The standard InChI is InChI=1S/C12H22O.C2H6/c1-3-13-11-8-12(9-11)6-4-10(2)5-7-12;1-2/h10-11H,3-9H2,1-2H3;1-2H3. The van der Waals surface area contributed by atoms with E-state index in [0.717, 1.165) is 17.9 Å². The second-order valence-corrected chi connectivity index (χ2v) is 5.17. The van der Waals surface area contributed by atoms with Gasteiger partial charge >= 0.3 is 0 Å². The Bertz CT molecular complexity index is 160. The Morgan fingerprint density at radius 3 is 2.13 bits per heavy atom. The molecule has 0 unspecified atom stereocenters. The topological polar surface area (TPSA) is 9.23 Å². The first-order valence-electron chi connectivity index (χ1n) is 6.86. The van der Waals surface area contributed by atoms with E-state index >= 15 is 0 Å². The SMILES string of the molecule is CC.CCOC1CC2(CCC(C)CC2)C1. The van der Waals surface area contributed by atoms with E-state index in [0.29, 0.717) is 6.10 Å². The van der Waals surface area contributed by atoms with Gasteiger partial charge in [-0.15, -0.1) is 0 Å². The molecule has 0 aromatic rings. The summed E-state index contributed by atoms with van der Waals surface area (Å²) in [6, 6.07) is 0. The van der Waals surface area contributed by atoms with Gasteiger partial charge in [0.05, 0.1) is 6.10 Å². The molecule has 0 aromatic carbocycles. The van der Waals surface area contributed by atoms with Crippen LogP contribution in [0.3, 0.4) is 0 Å². The maximum atomic E-state index is 5.63. The first-order chi connectivity index (χ1) is 7.24. The van der Waals surface area contributed by atoms with Gasteiger partial charge in [-0.25, -0.2) is 0 Å². The van der Waals surface area contributed by atoms with Gasteiger partial charge in [0.15, 0.2) is 0 Å². The van der Waals surface area contributed by atoms with Crippen LogP contribution < -0.4 is 0 Å². The summed E-state index contributed by atoms with van der Waals surface area (Å²) in [5, 5.41) is 0. The van der Waals surface area contributed by atoms with Gasteiger partial charge in [-0.2, -0.15) is 0 Å². The fourth-order valence-corrected chi connectivity index (χ4v) is 3.04. The smallest absolute Gasteiger partial charge is 0.0585 e. The Balaban J connectivity index is 0.000000531. The molecular weight excluding hydrogens is 184 g/mol. The van der Waals surface area contributed by atoms with Crippen molar-refractivity contribution >= 4 is 0 Å². The second kappa shape index (κ2) is 5.89. The van der Waals surface area contributed by atoms with E-state index < -0.39 is 0 Å². The van der Waals surface area contributed by atoms with Crippen LogP contribution in [0.1, 0.15) is 66.2 Å². The molecule has 0 aromatic heterocycles. The summed E-state index contributed by atoms with van der Waals surface area (Å²) in [5.41, 5.74) is 0.729. The van der Waals surface area contributed by atoms with Gasteiger partial charge in [-0.3, -0.25) is 0 Å². The molecule has 2 rings (SSSR count). The molecule has 0 bridgehead atoms. The monoisotopic (exact) mass is 212 g/mol. The summed E-state index contributed by atoms with van der Waals surface area (Å²) < 4.78 is 5.63. The van der Waals surface area contributed by atoms with Gasteiger partial charge in [-0.05, 0) is 43.9 Å². The predicted octanol–water partition coefficient (Wildman–Crippen LogP) is 4.41. The Kier molecular flexibility index (Phi) is 5.11. The average molecular weight is 212 g/mol. The van der Waals surface area contributed by atoms with Crippen molar-refractivity contribution in [2.45, 2.75) is 72.3 Å². The Hall–Kier alpha value is -0.0400. The van der Waals surface area contributed by atoms with E-state index in [1.807, 2.05) is 13.8 Å². The lowest BCUT2D eigenvalue weighted by molar-refractivity contribution is -0.0967. The molecule has 1 heteroatoms. The summed E-state index contributed by atoms with van der Waals surface area (Å²) in [6.07, 6.45) is 9.17. The van der Waals surface area contributed by atoms with Gasteiger partial charge < -0.3 is 4.74 Å². The highest BCUT2D eigenvalue weighted by molar-refractivity contribution is 4.96. The Morgan fingerprint density at radius 1 is 1.13 bits per heavy atom. The minimum Gasteiger partial charge on any atom is -0.378 e. The summed E-state index contributed by atoms with van der Waals surface area (Å²) in [5.74, 6) is 0.983. The van der Waals surface area contributed by atoms with E-state index in [-0.39, 0.29) is 0 Å². The fourth-order valence-electron chi connectivity index (χ4n) is 3.04. The van der Waals surface area contributed by atoms with Gasteiger partial charge in [-0.1, -0.05) is 33.6 Å². The highest BCUT2D eigenvalue weighted by Gasteiger charge is 2.45. The zero-order valence-corrected chi connectivity index (χ0v) is 11.0. The average Bonchev–Trinajstić information content (AvgIpc) is 2.23. The van der Waals surface area contributed by atoms with Crippen molar-refractivity contribution in [3.05, 3.63) is 0 Å². The lowest BCUT2D eigenvalue weighted by atomic mass is 9.58. The van der Waals surface area contributed by atoms with Gasteiger partial charge in [0.1, 0.15) is 0 Å². The molecular formula is C14H28O. The molecule has 2 aliphatic rings. The molecule has 90 valence electrons. The van der Waals surface area contributed by atoms with Crippen LogP contribution in [0.25, 0.3) is 0 Å². The van der Waals surface area contributed by atoms with E-state index in [9.17, 15) is 0 Å². The van der Waals surface area contributed by atoms with Crippen molar-refractivity contribution in [3.63, 3.8) is 0 Å². The lowest BCUT2D eigenvalue weighted by Gasteiger charge is -2.51. The molecule has 0 aliphatic heterocycles. The van der Waals surface area contributed by atoms with Crippen LogP contribution in [-0.4, -0.2) is 12.7 Å². The van der Waals surface area contributed by atoms with Crippen LogP contribution in [0.15, 0.2) is 0 Å². The van der Waals surface area contributed by atoms with Crippen molar-refractivity contribution in [2.24, 2.45) is 11.3 Å². The largest absolute Gasteiger partial charge is 0.378 e. The highest BCUT2D eigenvalue weighted by Crippen LogP contribution is 2.53. The third kappa shape index (κ3) is 3.21. The van der Waals surface area contributed by atoms with Crippen molar-refractivity contribution in [1.29, 1.82) is 0 Å². The molecule has 0 radical (unpaired) electrons. The second-order valence-electron chi connectivity index (χ2n) is 5.17. The minimum absolute atomic E-state index is 0.610. The Labute approximate surface area is 95.6 Å². The normalized spacial score (nSPS) is 39.2. The van der Waals surface area contributed by atoms with Crippen LogP contribution in [0.2, 0.25) is 0 Å². The first kappa shape index (κ1) is 13.0. The van der Waals surface area contributed by atoms with E-state index in [1.165, 1.54) is 38.5 Å². The molecule has 2 saturated carbocycles. The number of rotatable bonds is 2. The molecule has 1 nitrogen and oxygen atoms in total. The summed E-state index contributed by atoms with van der Waals surface area (Å²) in [6.45, 7) is 9.40. The minimum atomic E-state index is 0.610. The first-order valence-corrected chi connectivity index (χ1v) is 6.86. The van der Waals surface area contributed by atoms with Crippen LogP contribution in [0.4, 0.5) is 0 Å². The molecule has 0 N–H and O–H groups in total. The van der Waals surface area contributed by atoms with E-state index in [4.69, 9.17) is 4.74 Å². The zero-order chi connectivity index (χ0) is 11.3. The van der Waals surface area contributed by atoms with Crippen molar-refractivity contribution in [2.75, 3.05) is 6.61 Å². The highest BCUT2D eigenvalue weighted by atomic mass is 16.5. The summed E-state index contributed by atoms with van der Waals surface area (Å²) in [4.78, 5) is 0. The van der Waals surface area contributed by atoms with Gasteiger partial charge in [0.2, 0.25) is 0 Å². The van der Waals surface area contributed by atoms with Crippen LogP contribution >= 0.6 is 0 Å².